The van der Waals surface area contributed by atoms with Crippen molar-refractivity contribution in [3.05, 3.63) is 59.7 Å². The topological polar surface area (TPSA) is 76.1 Å². The van der Waals surface area contributed by atoms with Crippen LogP contribution in [0.5, 0.6) is 11.5 Å². The fraction of sp³-hybridized carbons (Fsp3) is 0.364. The van der Waals surface area contributed by atoms with Gasteiger partial charge in [-0.1, -0.05) is 30.3 Å². The summed E-state index contributed by atoms with van der Waals surface area (Å²) in [4.78, 5) is 26.1. The van der Waals surface area contributed by atoms with E-state index in [0.717, 1.165) is 11.1 Å². The van der Waals surface area contributed by atoms with Gasteiger partial charge >= 0.3 is 5.97 Å². The average Bonchev–Trinajstić information content (AvgIpc) is 3.18. The maximum atomic E-state index is 12.7. The van der Waals surface area contributed by atoms with E-state index in [4.69, 9.17) is 9.47 Å². The van der Waals surface area contributed by atoms with Crippen LogP contribution in [0.2, 0.25) is 0 Å². The van der Waals surface area contributed by atoms with E-state index >= 15 is 0 Å². The summed E-state index contributed by atoms with van der Waals surface area (Å²) in [5, 5.41) is 9.60. The van der Waals surface area contributed by atoms with Crippen molar-refractivity contribution < 1.29 is 24.2 Å². The fourth-order valence-corrected chi connectivity index (χ4v) is 3.72. The quantitative estimate of drug-likeness (QED) is 0.796. The minimum atomic E-state index is -0.860. The maximum absolute atomic E-state index is 12.7. The van der Waals surface area contributed by atoms with Gasteiger partial charge in [-0.25, -0.2) is 0 Å². The van der Waals surface area contributed by atoms with Crippen LogP contribution in [0.3, 0.4) is 0 Å². The zero-order valence-electron chi connectivity index (χ0n) is 16.1. The number of ether oxygens (including phenoxy) is 2. The van der Waals surface area contributed by atoms with Gasteiger partial charge in [0.05, 0.1) is 20.1 Å². The number of aliphatic carboxylic acids is 1. The number of carboxylic acid groups (broad SMARTS) is 1. The van der Waals surface area contributed by atoms with Gasteiger partial charge in [-0.15, -0.1) is 0 Å². The first-order chi connectivity index (χ1) is 13.5. The molecule has 1 N–H and O–H groups in total. The molecule has 1 fully saturated rings. The van der Waals surface area contributed by atoms with Crippen LogP contribution in [0.1, 0.15) is 23.5 Å². The number of likely N-dealkylation sites (tertiary alicyclic amines) is 1. The second-order valence-corrected chi connectivity index (χ2v) is 6.98. The molecular formula is C22H25NO5. The molecule has 3 rings (SSSR count). The molecule has 6 nitrogen and oxygen atoms in total. The molecule has 0 radical (unpaired) electrons. The highest BCUT2D eigenvalue weighted by molar-refractivity contribution is 5.80. The summed E-state index contributed by atoms with van der Waals surface area (Å²) in [5.74, 6) is -0.299. The summed E-state index contributed by atoms with van der Waals surface area (Å²) in [7, 11) is 3.17. The van der Waals surface area contributed by atoms with Gasteiger partial charge in [0.25, 0.3) is 0 Å². The second kappa shape index (κ2) is 8.78. The van der Waals surface area contributed by atoms with E-state index < -0.39 is 11.9 Å². The molecule has 0 aliphatic carbocycles. The van der Waals surface area contributed by atoms with Gasteiger partial charge in [-0.05, 0) is 29.7 Å². The van der Waals surface area contributed by atoms with Crippen molar-refractivity contribution in [1.29, 1.82) is 0 Å². The molecule has 0 saturated carbocycles. The van der Waals surface area contributed by atoms with Gasteiger partial charge in [0, 0.05) is 31.5 Å². The number of carbonyl (C=O) groups is 2. The number of amides is 1. The lowest BCUT2D eigenvalue weighted by Crippen LogP contribution is -2.30. The third kappa shape index (κ3) is 4.44. The van der Waals surface area contributed by atoms with Crippen molar-refractivity contribution in [1.82, 2.24) is 4.90 Å². The number of nitrogens with zero attached hydrogens (tertiary/aromatic N) is 1. The zero-order chi connectivity index (χ0) is 20.1. The summed E-state index contributed by atoms with van der Waals surface area (Å²) in [6.45, 7) is 0.677. The Morgan fingerprint density at radius 2 is 1.68 bits per heavy atom. The Hall–Kier alpha value is -3.02. The Morgan fingerprint density at radius 3 is 2.25 bits per heavy atom. The maximum Gasteiger partial charge on any atom is 0.308 e. The van der Waals surface area contributed by atoms with E-state index in [-0.39, 0.29) is 18.4 Å². The molecule has 1 amide bonds. The van der Waals surface area contributed by atoms with Crippen molar-refractivity contribution in [3.63, 3.8) is 0 Å². The van der Waals surface area contributed by atoms with E-state index in [9.17, 15) is 14.7 Å². The SMILES string of the molecule is COc1cc(CCC(=O)N2C[C@H](C(=O)O)[C@H](c3ccccc3)C2)cc(OC)c1. The van der Waals surface area contributed by atoms with Crippen LogP contribution in [-0.4, -0.2) is 49.2 Å². The lowest BCUT2D eigenvalue weighted by Gasteiger charge is -2.17. The Balaban J connectivity index is 1.67. The number of hydrogen-bond donors (Lipinski definition) is 1. The molecule has 1 heterocycles. The predicted molar refractivity (Wildman–Crippen MR) is 105 cm³/mol. The Morgan fingerprint density at radius 1 is 1.04 bits per heavy atom. The van der Waals surface area contributed by atoms with Crippen molar-refractivity contribution in [2.24, 2.45) is 5.92 Å². The van der Waals surface area contributed by atoms with Crippen LogP contribution in [0.4, 0.5) is 0 Å². The lowest BCUT2D eigenvalue weighted by atomic mass is 9.89. The van der Waals surface area contributed by atoms with E-state index in [1.165, 1.54) is 0 Å². The van der Waals surface area contributed by atoms with Crippen molar-refractivity contribution >= 4 is 11.9 Å². The van der Waals surface area contributed by atoms with Gasteiger partial charge in [-0.2, -0.15) is 0 Å². The minimum absolute atomic E-state index is 0.0357. The first-order valence-corrected chi connectivity index (χ1v) is 9.29. The summed E-state index contributed by atoms with van der Waals surface area (Å²) in [6, 6.07) is 15.1. The number of rotatable bonds is 7. The highest BCUT2D eigenvalue weighted by Gasteiger charge is 2.40. The Kier molecular flexibility index (Phi) is 6.19. The van der Waals surface area contributed by atoms with Crippen molar-refractivity contribution in [3.8, 4) is 11.5 Å². The molecule has 2 atom stereocenters. The molecule has 0 aromatic heterocycles. The number of hydrogen-bond acceptors (Lipinski definition) is 4. The van der Waals surface area contributed by atoms with E-state index in [2.05, 4.69) is 0 Å². The Labute approximate surface area is 164 Å². The first kappa shape index (κ1) is 19.7. The van der Waals surface area contributed by atoms with Gasteiger partial charge < -0.3 is 19.5 Å². The molecule has 2 aromatic carbocycles. The summed E-state index contributed by atoms with van der Waals surface area (Å²) in [6.07, 6.45) is 0.848. The van der Waals surface area contributed by atoms with E-state index in [1.54, 1.807) is 25.2 Å². The molecule has 6 heteroatoms. The standard InChI is InChI=1S/C22H25NO5/c1-27-17-10-15(11-18(12-17)28-2)8-9-21(24)23-13-19(20(14-23)22(25)26)16-6-4-3-5-7-16/h3-7,10-12,19-20H,8-9,13-14H2,1-2H3,(H,25,26)/t19-,20-/m0/s1. The molecule has 0 spiro atoms. The molecule has 0 unspecified atom stereocenters. The van der Waals surface area contributed by atoms with E-state index in [0.29, 0.717) is 30.9 Å². The smallest absolute Gasteiger partial charge is 0.308 e. The molecule has 1 aliphatic rings. The average molecular weight is 383 g/mol. The van der Waals surface area contributed by atoms with Gasteiger partial charge in [0.2, 0.25) is 5.91 Å². The monoisotopic (exact) mass is 383 g/mol. The van der Waals surface area contributed by atoms with Crippen molar-refractivity contribution in [2.75, 3.05) is 27.3 Å². The normalized spacial score (nSPS) is 18.7. The fourth-order valence-electron chi connectivity index (χ4n) is 3.72. The number of carbonyl (C=O) groups excluding carboxylic acids is 1. The molecule has 28 heavy (non-hydrogen) atoms. The van der Waals surface area contributed by atoms with Gasteiger partial charge in [0.1, 0.15) is 11.5 Å². The molecule has 1 aliphatic heterocycles. The van der Waals surface area contributed by atoms with Crippen LogP contribution >= 0.6 is 0 Å². The number of carboxylic acids is 1. The highest BCUT2D eigenvalue weighted by Crippen LogP contribution is 2.33. The number of methoxy groups -OCH3 is 2. The Bertz CT molecular complexity index is 814. The van der Waals surface area contributed by atoms with E-state index in [1.807, 2.05) is 42.5 Å². The molecule has 1 saturated heterocycles. The van der Waals surface area contributed by atoms with Crippen LogP contribution < -0.4 is 9.47 Å². The predicted octanol–water partition coefficient (Wildman–Crippen LogP) is 2.96. The first-order valence-electron chi connectivity index (χ1n) is 9.29. The van der Waals surface area contributed by atoms with Crippen LogP contribution in [0.15, 0.2) is 48.5 Å². The summed E-state index contributed by atoms with van der Waals surface area (Å²) < 4.78 is 10.5. The van der Waals surface area contributed by atoms with Crippen LogP contribution in [0, 0.1) is 5.92 Å². The molecular weight excluding hydrogens is 358 g/mol. The zero-order valence-corrected chi connectivity index (χ0v) is 16.1. The van der Waals surface area contributed by atoms with Crippen molar-refractivity contribution in [2.45, 2.75) is 18.8 Å². The molecule has 0 bridgehead atoms. The summed E-state index contributed by atoms with van der Waals surface area (Å²) >= 11 is 0. The molecule has 148 valence electrons. The number of aryl methyl sites for hydroxylation is 1. The highest BCUT2D eigenvalue weighted by atomic mass is 16.5. The van der Waals surface area contributed by atoms with Crippen LogP contribution in [0.25, 0.3) is 0 Å². The van der Waals surface area contributed by atoms with Gasteiger partial charge in [0.15, 0.2) is 0 Å². The second-order valence-electron chi connectivity index (χ2n) is 6.98. The summed E-state index contributed by atoms with van der Waals surface area (Å²) in [5.41, 5.74) is 1.90. The minimum Gasteiger partial charge on any atom is -0.497 e. The number of benzene rings is 2. The lowest BCUT2D eigenvalue weighted by molar-refractivity contribution is -0.141. The molecule has 2 aromatic rings. The van der Waals surface area contributed by atoms with Crippen LogP contribution in [-0.2, 0) is 16.0 Å². The third-order valence-electron chi connectivity index (χ3n) is 5.26. The third-order valence-corrected chi connectivity index (χ3v) is 5.26. The van der Waals surface area contributed by atoms with Gasteiger partial charge in [-0.3, -0.25) is 9.59 Å². The largest absolute Gasteiger partial charge is 0.497 e.